The molecule has 0 aliphatic carbocycles. The molecule has 0 bridgehead atoms. The predicted molar refractivity (Wildman–Crippen MR) is 47.4 cm³/mol. The Kier molecular flexibility index (Phi) is 3.33. The van der Waals surface area contributed by atoms with Gasteiger partial charge >= 0.3 is 0 Å². The zero-order valence-electron chi connectivity index (χ0n) is 6.65. The second-order valence-corrected chi connectivity index (χ2v) is 3.37. The first-order valence-electron chi connectivity index (χ1n) is 3.38. The lowest BCUT2D eigenvalue weighted by Crippen LogP contribution is -1.98. The second-order valence-electron chi connectivity index (χ2n) is 2.28. The van der Waals surface area contributed by atoms with Crippen LogP contribution in [-0.2, 0) is 0 Å². The number of alkyl halides is 2. The van der Waals surface area contributed by atoms with Gasteiger partial charge in [0.2, 0.25) is 0 Å². The molecule has 1 rings (SSSR count). The van der Waals surface area contributed by atoms with Gasteiger partial charge in [-0.05, 0) is 12.1 Å². The molecule has 0 amide bonds. The van der Waals surface area contributed by atoms with E-state index in [1.54, 1.807) is 0 Å². The van der Waals surface area contributed by atoms with Crippen molar-refractivity contribution >= 4 is 23.2 Å². The molecule has 0 saturated carbocycles. The van der Waals surface area contributed by atoms with Gasteiger partial charge in [0.1, 0.15) is 10.6 Å². The van der Waals surface area contributed by atoms with Crippen LogP contribution >= 0.6 is 23.2 Å². The highest BCUT2D eigenvalue weighted by Crippen LogP contribution is 2.35. The van der Waals surface area contributed by atoms with Crippen LogP contribution in [-0.4, -0.2) is 7.11 Å². The van der Waals surface area contributed by atoms with E-state index < -0.39 is 16.5 Å². The minimum atomic E-state index is -1.15. The van der Waals surface area contributed by atoms with Crippen molar-refractivity contribution in [1.29, 1.82) is 0 Å². The summed E-state index contributed by atoms with van der Waals surface area (Å²) in [5.41, 5.74) is -0.175. The number of methoxy groups -OCH3 is 1. The van der Waals surface area contributed by atoms with Gasteiger partial charge in [0, 0.05) is 0 Å². The molecule has 5 heteroatoms. The monoisotopic (exact) mass is 226 g/mol. The van der Waals surface area contributed by atoms with Gasteiger partial charge in [0.25, 0.3) is 0 Å². The van der Waals surface area contributed by atoms with Crippen molar-refractivity contribution in [2.24, 2.45) is 0 Å². The Labute approximate surface area is 84.2 Å². The molecule has 0 fully saturated rings. The van der Waals surface area contributed by atoms with E-state index >= 15 is 0 Å². The Morgan fingerprint density at radius 2 is 1.92 bits per heavy atom. The molecule has 0 unspecified atom stereocenters. The molecule has 0 atom stereocenters. The number of halogens is 4. The topological polar surface area (TPSA) is 9.23 Å². The molecule has 0 aliphatic heterocycles. The number of ether oxygens (including phenoxy) is 1. The van der Waals surface area contributed by atoms with Crippen LogP contribution in [0.3, 0.4) is 0 Å². The van der Waals surface area contributed by atoms with Crippen molar-refractivity contribution in [3.8, 4) is 5.75 Å². The average Bonchev–Trinajstić information content (AvgIpc) is 2.08. The maximum atomic E-state index is 13.1. The highest BCUT2D eigenvalue weighted by Gasteiger charge is 2.19. The van der Waals surface area contributed by atoms with Gasteiger partial charge in [0.15, 0.2) is 11.6 Å². The second kappa shape index (κ2) is 4.11. The third-order valence-corrected chi connectivity index (χ3v) is 1.97. The van der Waals surface area contributed by atoms with E-state index in [4.69, 9.17) is 27.9 Å². The van der Waals surface area contributed by atoms with Gasteiger partial charge in [0.05, 0.1) is 12.7 Å². The minimum absolute atomic E-state index is 0.133. The standard InChI is InChI=1S/C8H6Cl2F2O/c1-13-5-3-2-4(11)7(12)6(5)8(9)10/h2-3,8H,1H3. The summed E-state index contributed by atoms with van der Waals surface area (Å²) in [7, 11) is 1.33. The fourth-order valence-electron chi connectivity index (χ4n) is 0.930. The molecule has 0 N–H and O–H groups in total. The maximum Gasteiger partial charge on any atom is 0.168 e. The highest BCUT2D eigenvalue weighted by molar-refractivity contribution is 6.44. The van der Waals surface area contributed by atoms with E-state index in [9.17, 15) is 8.78 Å². The van der Waals surface area contributed by atoms with Crippen molar-refractivity contribution in [3.63, 3.8) is 0 Å². The van der Waals surface area contributed by atoms with Crippen molar-refractivity contribution in [2.45, 2.75) is 4.84 Å². The molecule has 0 heterocycles. The normalized spacial score (nSPS) is 10.6. The minimum Gasteiger partial charge on any atom is -0.496 e. The molecule has 0 spiro atoms. The first-order chi connectivity index (χ1) is 6.07. The quantitative estimate of drug-likeness (QED) is 0.703. The molecule has 0 radical (unpaired) electrons. The van der Waals surface area contributed by atoms with Crippen molar-refractivity contribution in [3.05, 3.63) is 29.3 Å². The highest BCUT2D eigenvalue weighted by atomic mass is 35.5. The van der Waals surface area contributed by atoms with E-state index in [0.717, 1.165) is 6.07 Å². The van der Waals surface area contributed by atoms with Crippen molar-refractivity contribution in [1.82, 2.24) is 0 Å². The van der Waals surface area contributed by atoms with E-state index in [1.807, 2.05) is 0 Å². The molecule has 0 aliphatic rings. The molecule has 0 aromatic heterocycles. The number of rotatable bonds is 2. The summed E-state index contributed by atoms with van der Waals surface area (Å²) in [6.07, 6.45) is 0. The SMILES string of the molecule is COc1ccc(F)c(F)c1C(Cl)Cl. The van der Waals surface area contributed by atoms with Crippen LogP contribution in [0.4, 0.5) is 8.78 Å². The Bertz CT molecular complexity index is 315. The summed E-state index contributed by atoms with van der Waals surface area (Å²) in [4.78, 5) is -1.15. The van der Waals surface area contributed by atoms with Gasteiger partial charge in [-0.1, -0.05) is 23.2 Å². The van der Waals surface area contributed by atoms with Crippen LogP contribution in [0.2, 0.25) is 0 Å². The molecular weight excluding hydrogens is 221 g/mol. The van der Waals surface area contributed by atoms with Gasteiger partial charge in [-0.3, -0.25) is 0 Å². The smallest absolute Gasteiger partial charge is 0.168 e. The Balaban J connectivity index is 3.32. The molecule has 0 saturated heterocycles. The number of hydrogen-bond acceptors (Lipinski definition) is 1. The molecule has 1 nitrogen and oxygen atoms in total. The van der Waals surface area contributed by atoms with Crippen LogP contribution in [0.15, 0.2) is 12.1 Å². The fourth-order valence-corrected chi connectivity index (χ4v) is 1.34. The van der Waals surface area contributed by atoms with Gasteiger partial charge in [-0.25, -0.2) is 8.78 Å². The summed E-state index contributed by atoms with van der Waals surface area (Å²) in [6, 6.07) is 2.22. The summed E-state index contributed by atoms with van der Waals surface area (Å²) >= 11 is 10.9. The predicted octanol–water partition coefficient (Wildman–Crippen LogP) is 3.45. The molecule has 13 heavy (non-hydrogen) atoms. The molecule has 1 aromatic rings. The van der Waals surface area contributed by atoms with E-state index in [0.29, 0.717) is 0 Å². The lowest BCUT2D eigenvalue weighted by molar-refractivity contribution is 0.400. The van der Waals surface area contributed by atoms with Crippen LogP contribution in [0.25, 0.3) is 0 Å². The van der Waals surface area contributed by atoms with E-state index in [-0.39, 0.29) is 11.3 Å². The van der Waals surface area contributed by atoms with Gasteiger partial charge < -0.3 is 4.74 Å². The van der Waals surface area contributed by atoms with E-state index in [1.165, 1.54) is 13.2 Å². The Morgan fingerprint density at radius 3 is 2.38 bits per heavy atom. The summed E-state index contributed by atoms with van der Waals surface area (Å²) in [5, 5.41) is 0. The summed E-state index contributed by atoms with van der Waals surface area (Å²) in [5.74, 6) is -1.94. The molecule has 72 valence electrons. The zero-order valence-corrected chi connectivity index (χ0v) is 8.16. The van der Waals surface area contributed by atoms with Crippen LogP contribution in [0, 0.1) is 11.6 Å². The largest absolute Gasteiger partial charge is 0.496 e. The number of benzene rings is 1. The van der Waals surface area contributed by atoms with Gasteiger partial charge in [-0.2, -0.15) is 0 Å². The zero-order chi connectivity index (χ0) is 10.0. The number of hydrogen-bond donors (Lipinski definition) is 0. The molecule has 1 aromatic carbocycles. The van der Waals surface area contributed by atoms with Crippen LogP contribution < -0.4 is 4.74 Å². The average molecular weight is 227 g/mol. The van der Waals surface area contributed by atoms with Crippen molar-refractivity contribution in [2.75, 3.05) is 7.11 Å². The maximum absolute atomic E-state index is 13.1. The summed E-state index contributed by atoms with van der Waals surface area (Å²) in [6.45, 7) is 0. The van der Waals surface area contributed by atoms with E-state index in [2.05, 4.69) is 0 Å². The Hall–Kier alpha value is -0.540. The van der Waals surface area contributed by atoms with Crippen LogP contribution in [0.1, 0.15) is 10.4 Å². The van der Waals surface area contributed by atoms with Gasteiger partial charge in [-0.15, -0.1) is 0 Å². The third kappa shape index (κ3) is 2.03. The lowest BCUT2D eigenvalue weighted by atomic mass is 10.2. The Morgan fingerprint density at radius 1 is 1.31 bits per heavy atom. The summed E-state index contributed by atoms with van der Waals surface area (Å²) < 4.78 is 30.6. The third-order valence-electron chi connectivity index (χ3n) is 1.53. The first kappa shape index (κ1) is 10.5. The van der Waals surface area contributed by atoms with Crippen LogP contribution in [0.5, 0.6) is 5.75 Å². The fraction of sp³-hybridized carbons (Fsp3) is 0.250. The lowest BCUT2D eigenvalue weighted by Gasteiger charge is -2.09. The first-order valence-corrected chi connectivity index (χ1v) is 4.25. The van der Waals surface area contributed by atoms with Crippen molar-refractivity contribution < 1.29 is 13.5 Å². The molecular formula is C8H6Cl2F2O.